The molecule has 1 saturated carbocycles. The SMILES string of the molecule is CC1NCCN(C(=O)CN2C(=O)NC(C)(C3CC3)C2=O)C1C. The van der Waals surface area contributed by atoms with Crippen LogP contribution in [0.3, 0.4) is 0 Å². The minimum absolute atomic E-state index is 0.0526. The van der Waals surface area contributed by atoms with Gasteiger partial charge in [-0.2, -0.15) is 0 Å². The van der Waals surface area contributed by atoms with Crippen LogP contribution in [0.5, 0.6) is 0 Å². The van der Waals surface area contributed by atoms with Crippen molar-refractivity contribution in [3.63, 3.8) is 0 Å². The van der Waals surface area contributed by atoms with Crippen molar-refractivity contribution in [2.45, 2.75) is 51.2 Å². The van der Waals surface area contributed by atoms with Gasteiger partial charge in [-0.05, 0) is 39.5 Å². The minimum atomic E-state index is -0.820. The first-order valence-electron chi connectivity index (χ1n) is 8.01. The highest BCUT2D eigenvalue weighted by Gasteiger charge is 2.56. The van der Waals surface area contributed by atoms with E-state index in [1.54, 1.807) is 11.8 Å². The highest BCUT2D eigenvalue weighted by molar-refractivity contribution is 6.09. The maximum Gasteiger partial charge on any atom is 0.325 e. The molecule has 22 heavy (non-hydrogen) atoms. The molecular formula is C15H24N4O3. The summed E-state index contributed by atoms with van der Waals surface area (Å²) in [5.74, 6) is -0.212. The van der Waals surface area contributed by atoms with Gasteiger partial charge in [0, 0.05) is 25.2 Å². The number of imide groups is 1. The van der Waals surface area contributed by atoms with Crippen LogP contribution >= 0.6 is 0 Å². The number of amides is 4. The van der Waals surface area contributed by atoms with E-state index in [9.17, 15) is 14.4 Å². The third-order valence-electron chi connectivity index (χ3n) is 5.34. The molecule has 3 fully saturated rings. The molecule has 0 bridgehead atoms. The van der Waals surface area contributed by atoms with Gasteiger partial charge in [-0.1, -0.05) is 0 Å². The number of carbonyl (C=O) groups is 3. The molecule has 0 aromatic rings. The molecular weight excluding hydrogens is 284 g/mol. The number of rotatable bonds is 3. The van der Waals surface area contributed by atoms with Crippen LogP contribution in [0.4, 0.5) is 4.79 Å². The summed E-state index contributed by atoms with van der Waals surface area (Å²) >= 11 is 0. The lowest BCUT2D eigenvalue weighted by Gasteiger charge is -2.39. The van der Waals surface area contributed by atoms with Gasteiger partial charge in [0.1, 0.15) is 12.1 Å². The average molecular weight is 308 g/mol. The van der Waals surface area contributed by atoms with E-state index >= 15 is 0 Å². The van der Waals surface area contributed by atoms with E-state index in [0.29, 0.717) is 6.54 Å². The predicted molar refractivity (Wildman–Crippen MR) is 80.0 cm³/mol. The maximum absolute atomic E-state index is 12.5. The molecule has 3 aliphatic rings. The third-order valence-corrected chi connectivity index (χ3v) is 5.34. The lowest BCUT2D eigenvalue weighted by Crippen LogP contribution is -2.59. The van der Waals surface area contributed by atoms with Crippen LogP contribution in [0.1, 0.15) is 33.6 Å². The fourth-order valence-corrected chi connectivity index (χ4v) is 3.43. The van der Waals surface area contributed by atoms with Crippen LogP contribution in [0, 0.1) is 5.92 Å². The molecule has 2 saturated heterocycles. The molecule has 0 spiro atoms. The zero-order valence-corrected chi connectivity index (χ0v) is 13.4. The topological polar surface area (TPSA) is 81.8 Å². The third kappa shape index (κ3) is 2.37. The summed E-state index contributed by atoms with van der Waals surface area (Å²) in [7, 11) is 0. The Kier molecular flexibility index (Phi) is 3.63. The standard InChI is InChI=1S/C15H24N4O3/c1-9-10(2)18(7-6-16-9)12(20)8-19-13(21)15(3,11-4-5-11)17-14(19)22/h9-11,16H,4-8H2,1-3H3,(H,17,22). The van der Waals surface area contributed by atoms with E-state index in [0.717, 1.165) is 24.3 Å². The minimum Gasteiger partial charge on any atom is -0.336 e. The van der Waals surface area contributed by atoms with Crippen LogP contribution in [0.2, 0.25) is 0 Å². The van der Waals surface area contributed by atoms with Crippen molar-refractivity contribution >= 4 is 17.8 Å². The van der Waals surface area contributed by atoms with Gasteiger partial charge in [-0.3, -0.25) is 14.5 Å². The Morgan fingerprint density at radius 3 is 2.64 bits per heavy atom. The molecule has 2 aliphatic heterocycles. The van der Waals surface area contributed by atoms with Crippen molar-refractivity contribution in [2.24, 2.45) is 5.92 Å². The lowest BCUT2D eigenvalue weighted by molar-refractivity contribution is -0.141. The van der Waals surface area contributed by atoms with Gasteiger partial charge in [0.2, 0.25) is 5.91 Å². The van der Waals surface area contributed by atoms with Gasteiger partial charge in [0.15, 0.2) is 0 Å². The molecule has 1 aliphatic carbocycles. The Labute approximate surface area is 130 Å². The van der Waals surface area contributed by atoms with Crippen LogP contribution in [0.25, 0.3) is 0 Å². The predicted octanol–water partition coefficient (Wildman–Crippen LogP) is -0.0843. The molecule has 0 aromatic carbocycles. The molecule has 2 N–H and O–H groups in total. The van der Waals surface area contributed by atoms with Crippen LogP contribution in [-0.2, 0) is 9.59 Å². The zero-order chi connectivity index (χ0) is 16.1. The number of nitrogens with zero attached hydrogens (tertiary/aromatic N) is 2. The highest BCUT2D eigenvalue weighted by atomic mass is 16.2. The van der Waals surface area contributed by atoms with Crippen LogP contribution in [-0.4, -0.2) is 64.9 Å². The first kappa shape index (κ1) is 15.3. The van der Waals surface area contributed by atoms with E-state index in [1.165, 1.54) is 0 Å². The second-order valence-electron chi connectivity index (χ2n) is 6.87. The number of urea groups is 1. The first-order valence-corrected chi connectivity index (χ1v) is 8.01. The molecule has 2 heterocycles. The number of hydrogen-bond donors (Lipinski definition) is 2. The van der Waals surface area contributed by atoms with Gasteiger partial charge < -0.3 is 15.5 Å². The maximum atomic E-state index is 12.5. The Balaban J connectivity index is 1.68. The second-order valence-corrected chi connectivity index (χ2v) is 6.87. The lowest BCUT2D eigenvalue weighted by atomic mass is 9.96. The molecule has 3 rings (SSSR count). The molecule has 7 heteroatoms. The molecule has 3 atom stereocenters. The largest absolute Gasteiger partial charge is 0.336 e. The fraction of sp³-hybridized carbons (Fsp3) is 0.800. The van der Waals surface area contributed by atoms with Crippen LogP contribution in [0.15, 0.2) is 0 Å². The monoisotopic (exact) mass is 308 g/mol. The van der Waals surface area contributed by atoms with Gasteiger partial charge >= 0.3 is 6.03 Å². The summed E-state index contributed by atoms with van der Waals surface area (Å²) in [4.78, 5) is 40.0. The number of hydrogen-bond acceptors (Lipinski definition) is 4. The first-order chi connectivity index (χ1) is 10.3. The molecule has 0 radical (unpaired) electrons. The van der Waals surface area contributed by atoms with Gasteiger partial charge in [-0.25, -0.2) is 4.79 Å². The quantitative estimate of drug-likeness (QED) is 0.714. The number of piperazine rings is 1. The Hall–Kier alpha value is -1.63. The van der Waals surface area contributed by atoms with E-state index in [2.05, 4.69) is 10.6 Å². The number of carbonyl (C=O) groups excluding carboxylic acids is 3. The average Bonchev–Trinajstić information content (AvgIpc) is 3.28. The van der Waals surface area contributed by atoms with Gasteiger partial charge in [-0.15, -0.1) is 0 Å². The van der Waals surface area contributed by atoms with Crippen LogP contribution < -0.4 is 10.6 Å². The summed E-state index contributed by atoms with van der Waals surface area (Å²) in [6.07, 6.45) is 1.91. The Bertz CT molecular complexity index is 519. The van der Waals surface area contributed by atoms with Gasteiger partial charge in [0.05, 0.1) is 0 Å². The summed E-state index contributed by atoms with van der Waals surface area (Å²) in [6, 6.07) is -0.182. The molecule has 4 amide bonds. The summed E-state index contributed by atoms with van der Waals surface area (Å²) in [6.45, 7) is 6.96. The summed E-state index contributed by atoms with van der Waals surface area (Å²) < 4.78 is 0. The summed E-state index contributed by atoms with van der Waals surface area (Å²) in [5, 5.41) is 6.09. The van der Waals surface area contributed by atoms with Crippen molar-refractivity contribution in [1.82, 2.24) is 20.4 Å². The number of nitrogens with one attached hydrogen (secondary N) is 2. The Morgan fingerprint density at radius 2 is 2.00 bits per heavy atom. The van der Waals surface area contributed by atoms with Crippen molar-refractivity contribution < 1.29 is 14.4 Å². The molecule has 7 nitrogen and oxygen atoms in total. The van der Waals surface area contributed by atoms with E-state index in [-0.39, 0.29) is 36.4 Å². The zero-order valence-electron chi connectivity index (χ0n) is 13.4. The van der Waals surface area contributed by atoms with Crippen molar-refractivity contribution in [1.29, 1.82) is 0 Å². The molecule has 3 unspecified atom stereocenters. The second kappa shape index (κ2) is 5.22. The van der Waals surface area contributed by atoms with Gasteiger partial charge in [0.25, 0.3) is 5.91 Å². The summed E-state index contributed by atoms with van der Waals surface area (Å²) in [5.41, 5.74) is -0.820. The fourth-order valence-electron chi connectivity index (χ4n) is 3.43. The van der Waals surface area contributed by atoms with Crippen molar-refractivity contribution in [3.8, 4) is 0 Å². The normalized spacial score (nSPS) is 35.8. The highest BCUT2D eigenvalue weighted by Crippen LogP contribution is 2.42. The van der Waals surface area contributed by atoms with E-state index < -0.39 is 11.6 Å². The van der Waals surface area contributed by atoms with E-state index in [1.807, 2.05) is 13.8 Å². The smallest absolute Gasteiger partial charge is 0.325 e. The molecule has 0 aromatic heterocycles. The van der Waals surface area contributed by atoms with E-state index in [4.69, 9.17) is 0 Å². The van der Waals surface area contributed by atoms with Crippen molar-refractivity contribution in [2.75, 3.05) is 19.6 Å². The Morgan fingerprint density at radius 1 is 1.32 bits per heavy atom. The van der Waals surface area contributed by atoms with Crippen molar-refractivity contribution in [3.05, 3.63) is 0 Å². The molecule has 122 valence electrons.